The Balaban J connectivity index is 2.81. The highest BCUT2D eigenvalue weighted by Crippen LogP contribution is 2.30. The molecule has 3 nitrogen and oxygen atoms in total. The molecule has 1 heterocycles. The topological polar surface area (TPSA) is 35.0 Å². The molecule has 0 aliphatic carbocycles. The molecule has 0 saturated carbocycles. The smallest absolute Gasteiger partial charge is 0.137 e. The van der Waals surface area contributed by atoms with Gasteiger partial charge in [-0.05, 0) is 5.92 Å². The first-order chi connectivity index (χ1) is 7.16. The number of hydrogen-bond donors (Lipinski definition) is 0. The van der Waals surface area contributed by atoms with Gasteiger partial charge in [0.2, 0.25) is 0 Å². The van der Waals surface area contributed by atoms with Crippen molar-refractivity contribution in [3.05, 3.63) is 17.0 Å². The molecule has 5 heteroatoms. The van der Waals surface area contributed by atoms with Crippen LogP contribution in [-0.2, 0) is 4.74 Å². The van der Waals surface area contributed by atoms with Crippen LogP contribution in [0.2, 0.25) is 5.15 Å². The Morgan fingerprint density at radius 3 is 2.80 bits per heavy atom. The highest BCUT2D eigenvalue weighted by Gasteiger charge is 2.13. The van der Waals surface area contributed by atoms with Gasteiger partial charge >= 0.3 is 0 Å². The van der Waals surface area contributed by atoms with Crippen LogP contribution in [0.4, 0.5) is 0 Å². The molecule has 1 aromatic rings. The van der Waals surface area contributed by atoms with Gasteiger partial charge in [0.1, 0.15) is 16.5 Å². The van der Waals surface area contributed by atoms with Gasteiger partial charge in [-0.25, -0.2) is 9.97 Å². The first-order valence-corrected chi connectivity index (χ1v) is 6.15. The Morgan fingerprint density at radius 1 is 1.47 bits per heavy atom. The lowest BCUT2D eigenvalue weighted by Gasteiger charge is -2.11. The Kier molecular flexibility index (Phi) is 5.36. The van der Waals surface area contributed by atoms with Gasteiger partial charge in [0.15, 0.2) is 0 Å². The molecule has 84 valence electrons. The average Bonchev–Trinajstić information content (AvgIpc) is 2.17. The molecule has 15 heavy (non-hydrogen) atoms. The molecule has 0 spiro atoms. The van der Waals surface area contributed by atoms with E-state index < -0.39 is 0 Å². The molecule has 0 atom stereocenters. The number of nitrogens with zero attached hydrogens (tertiary/aromatic N) is 2. The van der Waals surface area contributed by atoms with Gasteiger partial charge in [0.05, 0.1) is 6.61 Å². The molecule has 0 bridgehead atoms. The monoisotopic (exact) mass is 246 g/mol. The van der Waals surface area contributed by atoms with E-state index in [-0.39, 0.29) is 0 Å². The highest BCUT2D eigenvalue weighted by atomic mass is 35.5. The number of hydrogen-bond acceptors (Lipinski definition) is 4. The second-order valence-electron chi connectivity index (χ2n) is 3.38. The maximum atomic E-state index is 6.04. The number of methoxy groups -OCH3 is 1. The summed E-state index contributed by atoms with van der Waals surface area (Å²) in [5, 5.41) is 1.52. The molecule has 0 aliphatic heterocycles. The summed E-state index contributed by atoms with van der Waals surface area (Å²) in [4.78, 5) is 8.24. The van der Waals surface area contributed by atoms with Gasteiger partial charge in [0, 0.05) is 18.4 Å². The lowest BCUT2D eigenvalue weighted by molar-refractivity contribution is 0.218. The summed E-state index contributed by atoms with van der Waals surface area (Å²) in [5.41, 5.74) is 1.03. The van der Waals surface area contributed by atoms with Crippen LogP contribution >= 0.6 is 23.4 Å². The molecular weight excluding hydrogens is 232 g/mol. The molecule has 0 unspecified atom stereocenters. The van der Waals surface area contributed by atoms with Crippen molar-refractivity contribution in [2.45, 2.75) is 24.8 Å². The van der Waals surface area contributed by atoms with Gasteiger partial charge in [-0.3, -0.25) is 0 Å². The zero-order valence-electron chi connectivity index (χ0n) is 9.16. The fourth-order valence-corrected chi connectivity index (χ4v) is 2.64. The largest absolute Gasteiger partial charge is 0.384 e. The minimum absolute atomic E-state index is 0.337. The van der Waals surface area contributed by atoms with E-state index in [1.54, 1.807) is 18.9 Å². The van der Waals surface area contributed by atoms with Gasteiger partial charge in [-0.1, -0.05) is 25.4 Å². The summed E-state index contributed by atoms with van der Waals surface area (Å²) in [6.07, 6.45) is 1.50. The first-order valence-electron chi connectivity index (χ1n) is 4.79. The van der Waals surface area contributed by atoms with Gasteiger partial charge in [0.25, 0.3) is 0 Å². The van der Waals surface area contributed by atoms with Crippen LogP contribution in [0.5, 0.6) is 0 Å². The highest BCUT2D eigenvalue weighted by molar-refractivity contribution is 7.99. The van der Waals surface area contributed by atoms with Crippen molar-refractivity contribution in [3.63, 3.8) is 0 Å². The standard InChI is InChI=1S/C10H15ClN2OS/c1-7(2)8-9(11)12-6-13-10(8)15-5-4-14-3/h6-7H,4-5H2,1-3H3. The number of ether oxygens (including phenoxy) is 1. The predicted octanol–water partition coefficient (Wildman–Crippen LogP) is 2.99. The molecule has 1 aromatic heterocycles. The van der Waals surface area contributed by atoms with Gasteiger partial charge in [-0.15, -0.1) is 11.8 Å². The quantitative estimate of drug-likeness (QED) is 0.455. The van der Waals surface area contributed by atoms with Crippen LogP contribution in [0.15, 0.2) is 11.4 Å². The number of halogens is 1. The summed E-state index contributed by atoms with van der Waals surface area (Å²) in [5.74, 6) is 1.22. The normalized spacial score (nSPS) is 11.0. The SMILES string of the molecule is COCCSc1ncnc(Cl)c1C(C)C. The average molecular weight is 247 g/mol. The molecule has 0 aromatic carbocycles. The van der Waals surface area contributed by atoms with Crippen LogP contribution in [-0.4, -0.2) is 29.4 Å². The van der Waals surface area contributed by atoms with E-state index in [2.05, 4.69) is 23.8 Å². The van der Waals surface area contributed by atoms with E-state index in [1.165, 1.54) is 6.33 Å². The maximum absolute atomic E-state index is 6.04. The van der Waals surface area contributed by atoms with Crippen molar-refractivity contribution in [3.8, 4) is 0 Å². The second kappa shape index (κ2) is 6.30. The molecule has 0 amide bonds. The summed E-state index contributed by atoms with van der Waals surface area (Å²) >= 11 is 7.70. The fraction of sp³-hybridized carbons (Fsp3) is 0.600. The molecule has 1 rings (SSSR count). The van der Waals surface area contributed by atoms with Crippen molar-refractivity contribution >= 4 is 23.4 Å². The summed E-state index contributed by atoms with van der Waals surface area (Å²) < 4.78 is 5.00. The van der Waals surface area contributed by atoms with Crippen LogP contribution in [0.1, 0.15) is 25.3 Å². The predicted molar refractivity (Wildman–Crippen MR) is 63.7 cm³/mol. The summed E-state index contributed by atoms with van der Waals surface area (Å²) in [6.45, 7) is 4.89. The Labute approximate surface area is 99.6 Å². The minimum atomic E-state index is 0.337. The molecule has 0 N–H and O–H groups in total. The number of thioether (sulfide) groups is 1. The van der Waals surface area contributed by atoms with E-state index >= 15 is 0 Å². The lowest BCUT2D eigenvalue weighted by atomic mass is 10.1. The molecular formula is C10H15ClN2OS. The zero-order valence-corrected chi connectivity index (χ0v) is 10.7. The van der Waals surface area contributed by atoms with Crippen LogP contribution < -0.4 is 0 Å². The van der Waals surface area contributed by atoms with Crippen molar-refractivity contribution in [1.29, 1.82) is 0 Å². The number of aromatic nitrogens is 2. The van der Waals surface area contributed by atoms with Gasteiger partial charge < -0.3 is 4.74 Å². The third-order valence-electron chi connectivity index (χ3n) is 1.90. The Bertz CT molecular complexity index is 320. The molecule has 0 fully saturated rings. The summed E-state index contributed by atoms with van der Waals surface area (Å²) in [7, 11) is 1.69. The van der Waals surface area contributed by atoms with E-state index in [4.69, 9.17) is 16.3 Å². The van der Waals surface area contributed by atoms with E-state index in [1.807, 2.05) is 0 Å². The molecule has 0 aliphatic rings. The Hall–Kier alpha value is -0.320. The van der Waals surface area contributed by atoms with Crippen LogP contribution in [0, 0.1) is 0 Å². The minimum Gasteiger partial charge on any atom is -0.384 e. The van der Waals surface area contributed by atoms with E-state index in [0.29, 0.717) is 17.7 Å². The van der Waals surface area contributed by atoms with Crippen LogP contribution in [0.25, 0.3) is 0 Å². The van der Waals surface area contributed by atoms with E-state index in [0.717, 1.165) is 16.3 Å². The van der Waals surface area contributed by atoms with Crippen LogP contribution in [0.3, 0.4) is 0 Å². The van der Waals surface area contributed by atoms with Gasteiger partial charge in [-0.2, -0.15) is 0 Å². The fourth-order valence-electron chi connectivity index (χ4n) is 1.18. The lowest BCUT2D eigenvalue weighted by Crippen LogP contribution is -2.00. The van der Waals surface area contributed by atoms with Crippen molar-refractivity contribution in [2.24, 2.45) is 0 Å². The Morgan fingerprint density at radius 2 is 2.20 bits per heavy atom. The van der Waals surface area contributed by atoms with Crippen molar-refractivity contribution in [1.82, 2.24) is 9.97 Å². The second-order valence-corrected chi connectivity index (χ2v) is 4.82. The van der Waals surface area contributed by atoms with Crippen molar-refractivity contribution < 1.29 is 4.74 Å². The molecule has 0 saturated heterocycles. The third kappa shape index (κ3) is 3.63. The maximum Gasteiger partial charge on any atom is 0.137 e. The zero-order chi connectivity index (χ0) is 11.3. The third-order valence-corrected chi connectivity index (χ3v) is 3.17. The van der Waals surface area contributed by atoms with Crippen molar-refractivity contribution in [2.75, 3.05) is 19.5 Å². The number of rotatable bonds is 5. The summed E-state index contributed by atoms with van der Waals surface area (Å²) in [6, 6.07) is 0. The van der Waals surface area contributed by atoms with E-state index in [9.17, 15) is 0 Å². The molecule has 0 radical (unpaired) electrons. The first kappa shape index (κ1) is 12.7.